The van der Waals surface area contributed by atoms with Crippen molar-refractivity contribution >= 4 is 21.7 Å². The van der Waals surface area contributed by atoms with Crippen LogP contribution in [0.15, 0.2) is 29.2 Å². The first-order chi connectivity index (χ1) is 12.6. The highest BCUT2D eigenvalue weighted by Gasteiger charge is 2.41. The van der Waals surface area contributed by atoms with Gasteiger partial charge in [0.2, 0.25) is 0 Å². The number of hydrogen-bond acceptors (Lipinski definition) is 6. The molecule has 1 amide bonds. The molecule has 0 heterocycles. The monoisotopic (exact) mass is 392 g/mol. The molecule has 1 aliphatic carbocycles. The van der Waals surface area contributed by atoms with Crippen LogP contribution in [0.1, 0.15) is 49.4 Å². The Balaban J connectivity index is 2.17. The van der Waals surface area contributed by atoms with Gasteiger partial charge >= 0.3 is 5.97 Å². The fourth-order valence-corrected chi connectivity index (χ4v) is 4.25. The van der Waals surface area contributed by atoms with E-state index in [2.05, 4.69) is 6.07 Å². The Bertz CT molecular complexity index is 866. The molecule has 0 unspecified atom stereocenters. The van der Waals surface area contributed by atoms with Gasteiger partial charge in [-0.2, -0.15) is 5.26 Å². The van der Waals surface area contributed by atoms with E-state index in [0.717, 1.165) is 25.5 Å². The highest BCUT2D eigenvalue weighted by molar-refractivity contribution is 7.90. The number of carbonyl (C=O) groups is 2. The molecule has 2 rings (SSSR count). The summed E-state index contributed by atoms with van der Waals surface area (Å²) < 4.78 is 28.9. The summed E-state index contributed by atoms with van der Waals surface area (Å²) in [4.78, 5) is 26.4. The Hall–Kier alpha value is -2.40. The topological polar surface area (TPSA) is 105 Å². The van der Waals surface area contributed by atoms with Crippen LogP contribution >= 0.6 is 0 Å². The van der Waals surface area contributed by atoms with Gasteiger partial charge in [0.25, 0.3) is 5.91 Å². The molecule has 0 spiro atoms. The van der Waals surface area contributed by atoms with E-state index in [1.807, 2.05) is 0 Å². The molecule has 0 N–H and O–H groups in total. The van der Waals surface area contributed by atoms with Gasteiger partial charge in [0.05, 0.1) is 16.5 Å². The van der Waals surface area contributed by atoms with Crippen LogP contribution in [-0.4, -0.2) is 50.1 Å². The predicted octanol–water partition coefficient (Wildman–Crippen LogP) is 2.32. The van der Waals surface area contributed by atoms with Gasteiger partial charge in [-0.1, -0.05) is 31.4 Å². The molecule has 1 aliphatic rings. The minimum atomic E-state index is -3.62. The number of nitriles is 1. The molecule has 0 saturated heterocycles. The molecular formula is C19H24N2O5S. The maximum atomic E-state index is 12.7. The van der Waals surface area contributed by atoms with Crippen molar-refractivity contribution < 1.29 is 22.7 Å². The molecule has 1 atom stereocenters. The Morgan fingerprint density at radius 2 is 1.81 bits per heavy atom. The van der Waals surface area contributed by atoms with E-state index < -0.39 is 33.4 Å². The van der Waals surface area contributed by atoms with Crippen molar-refractivity contribution in [1.29, 1.82) is 5.26 Å². The van der Waals surface area contributed by atoms with Gasteiger partial charge in [-0.3, -0.25) is 4.79 Å². The third kappa shape index (κ3) is 4.48. The molecule has 1 saturated carbocycles. The van der Waals surface area contributed by atoms with Crippen molar-refractivity contribution in [2.24, 2.45) is 0 Å². The zero-order valence-electron chi connectivity index (χ0n) is 15.8. The van der Waals surface area contributed by atoms with Crippen LogP contribution in [0.4, 0.5) is 0 Å². The molecule has 0 bridgehead atoms. The largest absolute Gasteiger partial charge is 0.449 e. The second kappa shape index (κ2) is 8.09. The van der Waals surface area contributed by atoms with E-state index in [9.17, 15) is 23.3 Å². The van der Waals surface area contributed by atoms with E-state index in [1.165, 1.54) is 36.1 Å². The zero-order valence-corrected chi connectivity index (χ0v) is 16.6. The first-order valence-corrected chi connectivity index (χ1v) is 10.7. The van der Waals surface area contributed by atoms with Gasteiger partial charge in [-0.25, -0.2) is 13.2 Å². The molecular weight excluding hydrogens is 368 g/mol. The van der Waals surface area contributed by atoms with Gasteiger partial charge in [0, 0.05) is 13.3 Å². The van der Waals surface area contributed by atoms with E-state index in [4.69, 9.17) is 4.74 Å². The number of rotatable bonds is 5. The van der Waals surface area contributed by atoms with E-state index in [-0.39, 0.29) is 10.5 Å². The number of hydrogen-bond donors (Lipinski definition) is 0. The van der Waals surface area contributed by atoms with Crippen molar-refractivity contribution in [2.75, 3.05) is 13.3 Å². The van der Waals surface area contributed by atoms with Gasteiger partial charge in [0.15, 0.2) is 15.9 Å². The summed E-state index contributed by atoms with van der Waals surface area (Å²) >= 11 is 0. The lowest BCUT2D eigenvalue weighted by Gasteiger charge is -2.39. The van der Waals surface area contributed by atoms with Crippen LogP contribution in [0.5, 0.6) is 0 Å². The van der Waals surface area contributed by atoms with Crippen LogP contribution < -0.4 is 0 Å². The van der Waals surface area contributed by atoms with Crippen molar-refractivity contribution in [2.45, 2.75) is 55.6 Å². The summed E-state index contributed by atoms with van der Waals surface area (Å²) in [7, 11) is -2.07. The summed E-state index contributed by atoms with van der Waals surface area (Å²) in [5.74, 6) is -1.37. The molecule has 8 heteroatoms. The van der Waals surface area contributed by atoms with Gasteiger partial charge in [-0.05, 0) is 31.9 Å². The number of likely N-dealkylation sites (N-methyl/N-ethyl adjacent to an activating group) is 1. The second-order valence-electron chi connectivity index (χ2n) is 6.92. The minimum absolute atomic E-state index is 0.116. The quantitative estimate of drug-likeness (QED) is 0.712. The zero-order chi connectivity index (χ0) is 20.2. The molecule has 7 nitrogen and oxygen atoms in total. The Kier molecular flexibility index (Phi) is 6.26. The van der Waals surface area contributed by atoms with Gasteiger partial charge in [-0.15, -0.1) is 0 Å². The Morgan fingerprint density at radius 3 is 2.37 bits per heavy atom. The average molecular weight is 392 g/mol. The van der Waals surface area contributed by atoms with E-state index in [0.29, 0.717) is 12.8 Å². The highest BCUT2D eigenvalue weighted by Crippen LogP contribution is 2.33. The van der Waals surface area contributed by atoms with Crippen molar-refractivity contribution in [1.82, 2.24) is 4.90 Å². The summed E-state index contributed by atoms with van der Waals surface area (Å²) in [6.45, 7) is 1.42. The van der Waals surface area contributed by atoms with Crippen molar-refractivity contribution in [3.8, 4) is 6.07 Å². The number of nitrogens with zero attached hydrogens (tertiary/aromatic N) is 2. The molecule has 27 heavy (non-hydrogen) atoms. The Labute approximate surface area is 159 Å². The molecule has 1 aromatic carbocycles. The average Bonchev–Trinajstić information content (AvgIpc) is 2.66. The predicted molar refractivity (Wildman–Crippen MR) is 98.6 cm³/mol. The van der Waals surface area contributed by atoms with E-state index >= 15 is 0 Å². The Morgan fingerprint density at radius 1 is 1.22 bits per heavy atom. The summed E-state index contributed by atoms with van der Waals surface area (Å²) in [6, 6.07) is 7.95. The maximum absolute atomic E-state index is 12.7. The maximum Gasteiger partial charge on any atom is 0.340 e. The highest BCUT2D eigenvalue weighted by atomic mass is 32.2. The van der Waals surface area contributed by atoms with Crippen LogP contribution in [0.3, 0.4) is 0 Å². The summed E-state index contributed by atoms with van der Waals surface area (Å²) in [5, 5.41) is 9.61. The van der Waals surface area contributed by atoms with E-state index in [1.54, 1.807) is 7.05 Å². The van der Waals surface area contributed by atoms with Crippen LogP contribution in [0.2, 0.25) is 0 Å². The first kappa shape index (κ1) is 20.9. The number of amides is 1. The van der Waals surface area contributed by atoms with Crippen molar-refractivity contribution in [3.63, 3.8) is 0 Å². The second-order valence-corrected chi connectivity index (χ2v) is 8.90. The standard InChI is InChI=1S/C19H24N2O5S/c1-14(17(22)21(2)19(13-20)11-7-4-8-12-19)26-18(23)15-9-5-6-10-16(15)27(3,24)25/h5-6,9-10,14H,4,7-8,11-12H2,1-3H3/t14-/m1/s1. The summed E-state index contributed by atoms with van der Waals surface area (Å²) in [5.41, 5.74) is -1.00. The fraction of sp³-hybridized carbons (Fsp3) is 0.526. The molecule has 1 fully saturated rings. The fourth-order valence-electron chi connectivity index (χ4n) is 3.38. The normalized spacial score (nSPS) is 17.4. The van der Waals surface area contributed by atoms with Crippen LogP contribution in [0, 0.1) is 11.3 Å². The molecule has 0 aromatic heterocycles. The van der Waals surface area contributed by atoms with Crippen LogP contribution in [0.25, 0.3) is 0 Å². The molecule has 1 aromatic rings. The van der Waals surface area contributed by atoms with Crippen molar-refractivity contribution in [3.05, 3.63) is 29.8 Å². The first-order valence-electron chi connectivity index (χ1n) is 8.81. The SMILES string of the molecule is C[C@@H](OC(=O)c1ccccc1S(C)(=O)=O)C(=O)N(C)C1(C#N)CCCCC1. The lowest BCUT2D eigenvalue weighted by molar-refractivity contribution is -0.143. The van der Waals surface area contributed by atoms with Crippen LogP contribution in [-0.2, 0) is 19.4 Å². The lowest BCUT2D eigenvalue weighted by atomic mass is 9.81. The number of carbonyl (C=O) groups excluding carboxylic acids is 2. The number of esters is 1. The lowest BCUT2D eigenvalue weighted by Crippen LogP contribution is -2.53. The number of ether oxygens (including phenoxy) is 1. The third-order valence-corrected chi connectivity index (χ3v) is 6.15. The third-order valence-electron chi connectivity index (χ3n) is 5.00. The summed E-state index contributed by atoms with van der Waals surface area (Å²) in [6.07, 6.45) is 3.79. The van der Waals surface area contributed by atoms with Gasteiger partial charge in [0.1, 0.15) is 5.54 Å². The number of sulfone groups is 1. The minimum Gasteiger partial charge on any atom is -0.449 e. The van der Waals surface area contributed by atoms with Gasteiger partial charge < -0.3 is 9.64 Å². The smallest absolute Gasteiger partial charge is 0.340 e. The number of benzene rings is 1. The molecule has 0 radical (unpaired) electrons. The molecule has 0 aliphatic heterocycles. The molecule has 146 valence electrons.